The molecule has 5 nitrogen and oxygen atoms in total. The van der Waals surface area contributed by atoms with Crippen molar-refractivity contribution in [2.24, 2.45) is 10.9 Å². The van der Waals surface area contributed by atoms with Crippen LogP contribution in [0.1, 0.15) is 6.42 Å². The standard InChI is InChI=1S/C12H16N4O/c1-3-13-12-10-9-2-5-17-7-8(9)6-14-11(10)15-16(12)4-1/h1,3,8,11,14-15H,2,4-7H2. The van der Waals surface area contributed by atoms with Crippen LogP contribution in [0.4, 0.5) is 0 Å². The first-order valence-electron chi connectivity index (χ1n) is 6.24. The molecule has 90 valence electrons. The second-order valence-electron chi connectivity index (χ2n) is 4.88. The summed E-state index contributed by atoms with van der Waals surface area (Å²) in [5, 5.41) is 5.67. The minimum absolute atomic E-state index is 0.248. The van der Waals surface area contributed by atoms with Crippen LogP contribution in [0.5, 0.6) is 0 Å². The lowest BCUT2D eigenvalue weighted by Gasteiger charge is -2.33. The van der Waals surface area contributed by atoms with Gasteiger partial charge in [0.25, 0.3) is 0 Å². The Labute approximate surface area is 100 Å². The summed E-state index contributed by atoms with van der Waals surface area (Å²) >= 11 is 0. The van der Waals surface area contributed by atoms with Crippen molar-refractivity contribution in [3.63, 3.8) is 0 Å². The van der Waals surface area contributed by atoms with Gasteiger partial charge in [-0.05, 0) is 12.5 Å². The number of nitrogens with one attached hydrogen (secondary N) is 2. The fraction of sp³-hybridized carbons (Fsp3) is 0.583. The van der Waals surface area contributed by atoms with Gasteiger partial charge in [-0.15, -0.1) is 0 Å². The SMILES string of the molecule is C1=CN=C2C3=C4CCOCC4CNC3NN2C1. The summed E-state index contributed by atoms with van der Waals surface area (Å²) in [6.07, 6.45) is 5.28. The lowest BCUT2D eigenvalue weighted by molar-refractivity contribution is 0.0783. The molecule has 0 radical (unpaired) electrons. The first kappa shape index (κ1) is 9.82. The Morgan fingerprint density at radius 3 is 3.47 bits per heavy atom. The monoisotopic (exact) mass is 232 g/mol. The van der Waals surface area contributed by atoms with Gasteiger partial charge in [0.1, 0.15) is 12.0 Å². The van der Waals surface area contributed by atoms with Crippen molar-refractivity contribution >= 4 is 5.84 Å². The number of hydrogen-bond donors (Lipinski definition) is 2. The summed E-state index contributed by atoms with van der Waals surface area (Å²) < 4.78 is 5.56. The zero-order chi connectivity index (χ0) is 11.2. The Hall–Kier alpha value is -1.17. The molecular weight excluding hydrogens is 216 g/mol. The van der Waals surface area contributed by atoms with Crippen LogP contribution in [0, 0.1) is 5.92 Å². The van der Waals surface area contributed by atoms with E-state index in [0.717, 1.165) is 38.6 Å². The van der Waals surface area contributed by atoms with Crippen molar-refractivity contribution in [2.45, 2.75) is 12.6 Å². The van der Waals surface area contributed by atoms with E-state index in [4.69, 9.17) is 4.74 Å². The Kier molecular flexibility index (Phi) is 2.12. The predicted molar refractivity (Wildman–Crippen MR) is 64.2 cm³/mol. The van der Waals surface area contributed by atoms with Crippen molar-refractivity contribution in [2.75, 3.05) is 26.3 Å². The summed E-state index contributed by atoms with van der Waals surface area (Å²) in [6, 6.07) is 0. The van der Waals surface area contributed by atoms with E-state index in [1.54, 1.807) is 5.57 Å². The van der Waals surface area contributed by atoms with Crippen molar-refractivity contribution in [1.29, 1.82) is 0 Å². The van der Waals surface area contributed by atoms with Crippen LogP contribution in [0.2, 0.25) is 0 Å². The normalized spacial score (nSPS) is 35.3. The van der Waals surface area contributed by atoms with Crippen LogP contribution < -0.4 is 10.7 Å². The van der Waals surface area contributed by atoms with Gasteiger partial charge in [-0.25, -0.2) is 10.4 Å². The molecule has 4 aliphatic rings. The first-order chi connectivity index (χ1) is 8.43. The molecule has 0 spiro atoms. The largest absolute Gasteiger partial charge is 0.380 e. The maximum Gasteiger partial charge on any atom is 0.149 e. The van der Waals surface area contributed by atoms with Crippen LogP contribution in [0.25, 0.3) is 0 Å². The van der Waals surface area contributed by atoms with E-state index in [-0.39, 0.29) is 6.17 Å². The van der Waals surface area contributed by atoms with Crippen LogP contribution in [-0.4, -0.2) is 43.3 Å². The minimum atomic E-state index is 0.248. The third-order valence-electron chi connectivity index (χ3n) is 3.90. The highest BCUT2D eigenvalue weighted by Gasteiger charge is 2.40. The Morgan fingerprint density at radius 2 is 2.47 bits per heavy atom. The smallest absolute Gasteiger partial charge is 0.149 e. The van der Waals surface area contributed by atoms with Crippen LogP contribution >= 0.6 is 0 Å². The van der Waals surface area contributed by atoms with Crippen molar-refractivity contribution in [1.82, 2.24) is 15.8 Å². The lowest BCUT2D eigenvalue weighted by Crippen LogP contribution is -2.49. The summed E-state index contributed by atoms with van der Waals surface area (Å²) in [5.41, 5.74) is 6.38. The maximum absolute atomic E-state index is 5.56. The van der Waals surface area contributed by atoms with Gasteiger partial charge in [0, 0.05) is 24.2 Å². The van der Waals surface area contributed by atoms with E-state index >= 15 is 0 Å². The van der Waals surface area contributed by atoms with Crippen LogP contribution in [0.15, 0.2) is 28.4 Å². The minimum Gasteiger partial charge on any atom is -0.380 e. The van der Waals surface area contributed by atoms with E-state index in [9.17, 15) is 0 Å². The van der Waals surface area contributed by atoms with Gasteiger partial charge in [-0.1, -0.05) is 5.57 Å². The van der Waals surface area contributed by atoms with Crippen molar-refractivity contribution in [3.05, 3.63) is 23.4 Å². The van der Waals surface area contributed by atoms with Gasteiger partial charge < -0.3 is 4.74 Å². The van der Waals surface area contributed by atoms with Gasteiger partial charge in [0.05, 0.1) is 19.8 Å². The lowest BCUT2D eigenvalue weighted by atomic mass is 9.86. The molecule has 2 unspecified atom stereocenters. The summed E-state index contributed by atoms with van der Waals surface area (Å²) in [7, 11) is 0. The molecule has 0 bridgehead atoms. The average molecular weight is 232 g/mol. The molecule has 0 aliphatic carbocycles. The van der Waals surface area contributed by atoms with Gasteiger partial charge in [-0.3, -0.25) is 10.3 Å². The molecule has 0 saturated carbocycles. The number of rotatable bonds is 0. The molecule has 0 aromatic heterocycles. The molecule has 0 aromatic carbocycles. The molecule has 0 aromatic rings. The molecule has 4 heterocycles. The van der Waals surface area contributed by atoms with E-state index in [0.29, 0.717) is 5.92 Å². The van der Waals surface area contributed by atoms with Gasteiger partial charge in [-0.2, -0.15) is 0 Å². The molecule has 2 atom stereocenters. The van der Waals surface area contributed by atoms with Gasteiger partial charge >= 0.3 is 0 Å². The van der Waals surface area contributed by atoms with Crippen molar-refractivity contribution in [3.8, 4) is 0 Å². The highest BCUT2D eigenvalue weighted by atomic mass is 16.5. The quantitative estimate of drug-likeness (QED) is 0.617. The highest BCUT2D eigenvalue weighted by Crippen LogP contribution is 2.33. The zero-order valence-electron chi connectivity index (χ0n) is 9.65. The molecular formula is C12H16N4O. The molecule has 5 heteroatoms. The second kappa shape index (κ2) is 3.66. The van der Waals surface area contributed by atoms with E-state index in [2.05, 4.69) is 26.8 Å². The molecule has 2 N–H and O–H groups in total. The number of ether oxygens (including phenoxy) is 1. The number of fused-ring (bicyclic) bond motifs is 4. The van der Waals surface area contributed by atoms with Gasteiger partial charge in [0.2, 0.25) is 0 Å². The molecule has 17 heavy (non-hydrogen) atoms. The zero-order valence-corrected chi connectivity index (χ0v) is 9.65. The number of hydrazine groups is 1. The van der Waals surface area contributed by atoms with Crippen LogP contribution in [0.3, 0.4) is 0 Å². The Morgan fingerprint density at radius 1 is 1.47 bits per heavy atom. The topological polar surface area (TPSA) is 48.9 Å². The fourth-order valence-corrected chi connectivity index (χ4v) is 3.10. The molecule has 2 fully saturated rings. The Balaban J connectivity index is 1.81. The third kappa shape index (κ3) is 1.40. The van der Waals surface area contributed by atoms with E-state index < -0.39 is 0 Å². The molecule has 2 saturated heterocycles. The molecule has 4 aliphatic heterocycles. The Bertz CT molecular complexity index is 440. The third-order valence-corrected chi connectivity index (χ3v) is 3.90. The summed E-state index contributed by atoms with van der Waals surface area (Å²) in [5.74, 6) is 1.64. The first-order valence-corrected chi connectivity index (χ1v) is 6.24. The van der Waals surface area contributed by atoms with E-state index in [1.165, 1.54) is 5.57 Å². The molecule has 0 amide bonds. The number of amidine groups is 1. The fourth-order valence-electron chi connectivity index (χ4n) is 3.10. The average Bonchev–Trinajstić information content (AvgIpc) is 2.77. The number of aliphatic imine (C=N–C) groups is 1. The number of hydrogen-bond acceptors (Lipinski definition) is 5. The highest BCUT2D eigenvalue weighted by molar-refractivity contribution is 6.02. The maximum atomic E-state index is 5.56. The second-order valence-corrected chi connectivity index (χ2v) is 4.88. The van der Waals surface area contributed by atoms with E-state index in [1.807, 2.05) is 6.20 Å². The predicted octanol–water partition coefficient (Wildman–Crippen LogP) is -0.00520. The van der Waals surface area contributed by atoms with Crippen molar-refractivity contribution < 1.29 is 4.74 Å². The molecule has 4 rings (SSSR count). The van der Waals surface area contributed by atoms with Gasteiger partial charge in [0.15, 0.2) is 0 Å². The summed E-state index contributed by atoms with van der Waals surface area (Å²) in [4.78, 5) is 4.53. The van der Waals surface area contributed by atoms with Crippen LogP contribution in [-0.2, 0) is 4.74 Å². The number of nitrogens with zero attached hydrogens (tertiary/aromatic N) is 2. The summed E-state index contributed by atoms with van der Waals surface area (Å²) in [6.45, 7) is 3.60.